The molecule has 1 fully saturated rings. The fourth-order valence-electron chi connectivity index (χ4n) is 0.996. The van der Waals surface area contributed by atoms with Gasteiger partial charge in [0.1, 0.15) is 0 Å². The third kappa shape index (κ3) is 4.06. The molecule has 0 saturated carbocycles. The Morgan fingerprint density at radius 3 is 2.73 bits per heavy atom. The third-order valence-electron chi connectivity index (χ3n) is 1.50. The Balaban J connectivity index is 0.000001000. The minimum Gasteiger partial charge on any atom is -0.376 e. The lowest BCUT2D eigenvalue weighted by Gasteiger charge is -2.03. The van der Waals surface area contributed by atoms with Crippen LogP contribution in [0.5, 0.6) is 0 Å². The van der Waals surface area contributed by atoms with Gasteiger partial charge in [-0.05, 0) is 12.8 Å². The van der Waals surface area contributed by atoms with E-state index >= 15 is 0 Å². The smallest absolute Gasteiger partial charge is 0.185 e. The zero-order chi connectivity index (χ0) is 7.40. The van der Waals surface area contributed by atoms with E-state index in [1.54, 1.807) is 0 Å². The van der Waals surface area contributed by atoms with Crippen LogP contribution in [0, 0.1) is 0 Å². The number of nitrogens with zero attached hydrogens (tertiary/aromatic N) is 1. The molecule has 1 unspecified atom stereocenters. The van der Waals surface area contributed by atoms with Gasteiger partial charge in [0.05, 0.1) is 12.6 Å². The SMILES string of the molecule is Cl.NC(N)=NCC1CCCO1. The van der Waals surface area contributed by atoms with E-state index in [0.29, 0.717) is 6.54 Å². The Kier molecular flexibility index (Phi) is 4.98. The number of hydrogen-bond donors (Lipinski definition) is 2. The molecule has 0 aromatic rings. The molecule has 0 radical (unpaired) electrons. The minimum atomic E-state index is 0. The Labute approximate surface area is 72.4 Å². The maximum atomic E-state index is 5.29. The minimum absolute atomic E-state index is 0. The summed E-state index contributed by atoms with van der Waals surface area (Å²) in [5, 5.41) is 0. The van der Waals surface area contributed by atoms with Gasteiger partial charge >= 0.3 is 0 Å². The zero-order valence-electron chi connectivity index (χ0n) is 6.32. The second kappa shape index (κ2) is 5.21. The van der Waals surface area contributed by atoms with Crippen molar-refractivity contribution >= 4 is 18.4 Å². The van der Waals surface area contributed by atoms with Crippen molar-refractivity contribution in [2.24, 2.45) is 16.5 Å². The molecule has 1 rings (SSSR count). The molecular formula is C6H14ClN3O. The van der Waals surface area contributed by atoms with Gasteiger partial charge in [-0.2, -0.15) is 0 Å². The van der Waals surface area contributed by atoms with Crippen molar-refractivity contribution in [2.75, 3.05) is 13.2 Å². The average Bonchev–Trinajstić information content (AvgIpc) is 2.34. The lowest BCUT2D eigenvalue weighted by atomic mass is 10.2. The molecule has 1 aliphatic rings. The third-order valence-corrected chi connectivity index (χ3v) is 1.50. The normalized spacial score (nSPS) is 22.4. The highest BCUT2D eigenvalue weighted by atomic mass is 35.5. The summed E-state index contributed by atoms with van der Waals surface area (Å²) in [5.74, 6) is 0.149. The molecule has 1 aliphatic heterocycles. The van der Waals surface area contributed by atoms with Crippen LogP contribution in [0.4, 0.5) is 0 Å². The van der Waals surface area contributed by atoms with Crippen LogP contribution in [0.25, 0.3) is 0 Å². The van der Waals surface area contributed by atoms with E-state index < -0.39 is 0 Å². The molecule has 1 atom stereocenters. The molecule has 0 amide bonds. The first-order valence-electron chi connectivity index (χ1n) is 3.46. The van der Waals surface area contributed by atoms with Crippen molar-refractivity contribution in [3.05, 3.63) is 0 Å². The zero-order valence-corrected chi connectivity index (χ0v) is 7.14. The van der Waals surface area contributed by atoms with Crippen LogP contribution in [0.15, 0.2) is 4.99 Å². The molecule has 0 aliphatic carbocycles. The lowest BCUT2D eigenvalue weighted by molar-refractivity contribution is 0.118. The van der Waals surface area contributed by atoms with E-state index in [-0.39, 0.29) is 24.5 Å². The number of guanidine groups is 1. The van der Waals surface area contributed by atoms with E-state index in [9.17, 15) is 0 Å². The summed E-state index contributed by atoms with van der Waals surface area (Å²) in [5.41, 5.74) is 10.3. The topological polar surface area (TPSA) is 73.6 Å². The molecular weight excluding hydrogens is 166 g/mol. The molecule has 1 saturated heterocycles. The lowest BCUT2D eigenvalue weighted by Crippen LogP contribution is -2.24. The quantitative estimate of drug-likeness (QED) is 0.458. The van der Waals surface area contributed by atoms with Crippen molar-refractivity contribution in [3.8, 4) is 0 Å². The van der Waals surface area contributed by atoms with E-state index in [1.165, 1.54) is 0 Å². The van der Waals surface area contributed by atoms with Crippen LogP contribution in [0.2, 0.25) is 0 Å². The molecule has 5 heteroatoms. The van der Waals surface area contributed by atoms with Gasteiger partial charge in [0.25, 0.3) is 0 Å². The van der Waals surface area contributed by atoms with Crippen LogP contribution in [-0.4, -0.2) is 25.2 Å². The molecule has 0 spiro atoms. The highest BCUT2D eigenvalue weighted by molar-refractivity contribution is 5.85. The van der Waals surface area contributed by atoms with Crippen molar-refractivity contribution in [2.45, 2.75) is 18.9 Å². The van der Waals surface area contributed by atoms with E-state index in [2.05, 4.69) is 4.99 Å². The molecule has 4 N–H and O–H groups in total. The first-order valence-corrected chi connectivity index (χ1v) is 3.46. The molecule has 1 heterocycles. The number of rotatable bonds is 2. The Morgan fingerprint density at radius 1 is 1.55 bits per heavy atom. The van der Waals surface area contributed by atoms with E-state index in [4.69, 9.17) is 16.2 Å². The van der Waals surface area contributed by atoms with Crippen molar-refractivity contribution in [1.29, 1.82) is 0 Å². The van der Waals surface area contributed by atoms with Crippen molar-refractivity contribution in [3.63, 3.8) is 0 Å². The van der Waals surface area contributed by atoms with Gasteiger partial charge in [0.2, 0.25) is 0 Å². The summed E-state index contributed by atoms with van der Waals surface area (Å²) < 4.78 is 5.29. The fourth-order valence-corrected chi connectivity index (χ4v) is 0.996. The molecule has 0 aromatic carbocycles. The Bertz CT molecular complexity index is 130. The summed E-state index contributed by atoms with van der Waals surface area (Å²) >= 11 is 0. The second-order valence-electron chi connectivity index (χ2n) is 2.40. The molecule has 11 heavy (non-hydrogen) atoms. The van der Waals surface area contributed by atoms with E-state index in [0.717, 1.165) is 19.4 Å². The van der Waals surface area contributed by atoms with Gasteiger partial charge in [0.15, 0.2) is 5.96 Å². The summed E-state index contributed by atoms with van der Waals surface area (Å²) in [6.07, 6.45) is 2.46. The summed E-state index contributed by atoms with van der Waals surface area (Å²) in [6, 6.07) is 0. The molecule has 66 valence electrons. The van der Waals surface area contributed by atoms with E-state index in [1.807, 2.05) is 0 Å². The van der Waals surface area contributed by atoms with Gasteiger partial charge in [-0.1, -0.05) is 0 Å². The summed E-state index contributed by atoms with van der Waals surface area (Å²) in [4.78, 5) is 3.85. The number of ether oxygens (including phenoxy) is 1. The average molecular weight is 180 g/mol. The number of aliphatic imine (C=N–C) groups is 1. The predicted molar refractivity (Wildman–Crippen MR) is 46.9 cm³/mol. The van der Waals surface area contributed by atoms with Crippen LogP contribution >= 0.6 is 12.4 Å². The van der Waals surface area contributed by atoms with Gasteiger partial charge in [-0.3, -0.25) is 4.99 Å². The fraction of sp³-hybridized carbons (Fsp3) is 0.833. The summed E-state index contributed by atoms with van der Waals surface area (Å²) in [7, 11) is 0. The monoisotopic (exact) mass is 179 g/mol. The maximum absolute atomic E-state index is 5.29. The van der Waals surface area contributed by atoms with Crippen LogP contribution in [-0.2, 0) is 4.74 Å². The van der Waals surface area contributed by atoms with Gasteiger partial charge in [-0.15, -0.1) is 12.4 Å². The van der Waals surface area contributed by atoms with Crippen LogP contribution in [0.3, 0.4) is 0 Å². The number of nitrogens with two attached hydrogens (primary N) is 2. The summed E-state index contributed by atoms with van der Waals surface area (Å²) in [6.45, 7) is 1.47. The maximum Gasteiger partial charge on any atom is 0.185 e. The van der Waals surface area contributed by atoms with Gasteiger partial charge < -0.3 is 16.2 Å². The molecule has 4 nitrogen and oxygen atoms in total. The highest BCUT2D eigenvalue weighted by Crippen LogP contribution is 2.11. The standard InChI is InChI=1S/C6H13N3O.ClH/c7-6(8)9-4-5-2-1-3-10-5;/h5H,1-4H2,(H4,7,8,9);1H. The first-order chi connectivity index (χ1) is 4.79. The Morgan fingerprint density at radius 2 is 2.27 bits per heavy atom. The molecule has 0 aromatic heterocycles. The van der Waals surface area contributed by atoms with Gasteiger partial charge in [-0.25, -0.2) is 0 Å². The van der Waals surface area contributed by atoms with Gasteiger partial charge in [0, 0.05) is 6.61 Å². The van der Waals surface area contributed by atoms with Crippen molar-refractivity contribution in [1.82, 2.24) is 0 Å². The largest absolute Gasteiger partial charge is 0.376 e. The first kappa shape index (κ1) is 10.5. The van der Waals surface area contributed by atoms with Crippen LogP contribution < -0.4 is 11.5 Å². The highest BCUT2D eigenvalue weighted by Gasteiger charge is 2.13. The number of hydrogen-bond acceptors (Lipinski definition) is 2. The second-order valence-corrected chi connectivity index (χ2v) is 2.40. The number of halogens is 1. The van der Waals surface area contributed by atoms with Crippen molar-refractivity contribution < 1.29 is 4.74 Å². The molecule has 0 bridgehead atoms. The Hall–Kier alpha value is -0.480. The van der Waals surface area contributed by atoms with Crippen LogP contribution in [0.1, 0.15) is 12.8 Å². The predicted octanol–water partition coefficient (Wildman–Crippen LogP) is -0.139.